The summed E-state index contributed by atoms with van der Waals surface area (Å²) >= 11 is 12.4. The lowest BCUT2D eigenvalue weighted by Gasteiger charge is -2.09. The topological polar surface area (TPSA) is 17.1 Å². The van der Waals surface area contributed by atoms with Gasteiger partial charge in [-0.1, -0.05) is 47.5 Å². The summed E-state index contributed by atoms with van der Waals surface area (Å²) in [5.74, 6) is 0. The summed E-state index contributed by atoms with van der Waals surface area (Å²) in [5, 5.41) is 4.55. The quantitative estimate of drug-likeness (QED) is 0.445. The standard InChI is InChI=1S/C15H8Cl2O/c16-13-5-6-14(17)15-11(13)7-9-3-1-2-4-10(9)12(15)8-18/h1-8H. The second kappa shape index (κ2) is 4.27. The van der Waals surface area contributed by atoms with Crippen LogP contribution < -0.4 is 0 Å². The average molecular weight is 275 g/mol. The second-order valence-electron chi connectivity index (χ2n) is 4.08. The predicted molar refractivity (Wildman–Crippen MR) is 76.9 cm³/mol. The van der Waals surface area contributed by atoms with Crippen LogP contribution in [0.3, 0.4) is 0 Å². The summed E-state index contributed by atoms with van der Waals surface area (Å²) in [5.41, 5.74) is 0.593. The molecule has 3 rings (SSSR count). The molecule has 0 N–H and O–H groups in total. The number of hydrogen-bond donors (Lipinski definition) is 0. The number of carbonyl (C=O) groups excluding carboxylic acids is 1. The highest BCUT2D eigenvalue weighted by molar-refractivity contribution is 6.42. The number of aldehydes is 1. The van der Waals surface area contributed by atoms with Gasteiger partial charge in [-0.25, -0.2) is 0 Å². The number of halogens is 2. The minimum Gasteiger partial charge on any atom is -0.298 e. The molecule has 0 aliphatic heterocycles. The predicted octanol–water partition coefficient (Wildman–Crippen LogP) is 5.11. The third-order valence-electron chi connectivity index (χ3n) is 3.08. The lowest BCUT2D eigenvalue weighted by molar-refractivity contribution is 0.112. The van der Waals surface area contributed by atoms with Crippen LogP contribution in [0.2, 0.25) is 10.0 Å². The molecular formula is C15H8Cl2O. The van der Waals surface area contributed by atoms with Crippen molar-refractivity contribution in [2.45, 2.75) is 0 Å². The minimum absolute atomic E-state index is 0.544. The lowest BCUT2D eigenvalue weighted by atomic mass is 9.97. The van der Waals surface area contributed by atoms with Crippen LogP contribution in [-0.2, 0) is 0 Å². The zero-order valence-electron chi connectivity index (χ0n) is 9.28. The first-order valence-corrected chi connectivity index (χ1v) is 6.22. The summed E-state index contributed by atoms with van der Waals surface area (Å²) in [4.78, 5) is 11.4. The van der Waals surface area contributed by atoms with Crippen LogP contribution in [-0.4, -0.2) is 6.29 Å². The minimum atomic E-state index is 0.544. The fraction of sp³-hybridized carbons (Fsp3) is 0. The Balaban J connectivity index is 2.67. The van der Waals surface area contributed by atoms with Crippen molar-refractivity contribution in [1.82, 2.24) is 0 Å². The van der Waals surface area contributed by atoms with E-state index in [9.17, 15) is 4.79 Å². The highest BCUT2D eigenvalue weighted by Gasteiger charge is 2.11. The van der Waals surface area contributed by atoms with Gasteiger partial charge >= 0.3 is 0 Å². The van der Waals surface area contributed by atoms with Gasteiger partial charge in [-0.3, -0.25) is 4.79 Å². The van der Waals surface area contributed by atoms with Gasteiger partial charge < -0.3 is 0 Å². The Morgan fingerprint density at radius 3 is 2.39 bits per heavy atom. The van der Waals surface area contributed by atoms with E-state index in [1.165, 1.54) is 0 Å². The summed E-state index contributed by atoms with van der Waals surface area (Å²) in [6, 6.07) is 13.1. The molecule has 0 fully saturated rings. The third-order valence-corrected chi connectivity index (χ3v) is 3.72. The normalized spacial score (nSPS) is 11.0. The van der Waals surface area contributed by atoms with Crippen LogP contribution in [0, 0.1) is 0 Å². The highest BCUT2D eigenvalue weighted by atomic mass is 35.5. The number of hydrogen-bond acceptors (Lipinski definition) is 1. The Hall–Kier alpha value is -1.57. The molecule has 0 heterocycles. The van der Waals surface area contributed by atoms with Gasteiger partial charge in [0.15, 0.2) is 6.29 Å². The van der Waals surface area contributed by atoms with Crippen LogP contribution in [0.4, 0.5) is 0 Å². The van der Waals surface area contributed by atoms with Gasteiger partial charge in [0.2, 0.25) is 0 Å². The van der Waals surface area contributed by atoms with E-state index in [1.807, 2.05) is 30.3 Å². The van der Waals surface area contributed by atoms with Crippen LogP contribution in [0.15, 0.2) is 42.5 Å². The molecule has 0 saturated heterocycles. The van der Waals surface area contributed by atoms with Gasteiger partial charge in [0.1, 0.15) is 0 Å². The van der Waals surface area contributed by atoms with Gasteiger partial charge in [0.25, 0.3) is 0 Å². The molecule has 0 spiro atoms. The Morgan fingerprint density at radius 2 is 1.61 bits per heavy atom. The molecule has 88 valence electrons. The van der Waals surface area contributed by atoms with Crippen molar-refractivity contribution >= 4 is 51.0 Å². The van der Waals surface area contributed by atoms with E-state index in [1.54, 1.807) is 12.1 Å². The van der Waals surface area contributed by atoms with Crippen LogP contribution >= 0.6 is 23.2 Å². The second-order valence-corrected chi connectivity index (χ2v) is 4.90. The Labute approximate surface area is 114 Å². The maximum absolute atomic E-state index is 11.4. The molecule has 0 radical (unpaired) electrons. The van der Waals surface area contributed by atoms with E-state index < -0.39 is 0 Å². The molecule has 1 nitrogen and oxygen atoms in total. The Bertz CT molecular complexity index is 778. The molecule has 0 aliphatic rings. The molecule has 3 aromatic carbocycles. The van der Waals surface area contributed by atoms with Crippen molar-refractivity contribution < 1.29 is 4.79 Å². The van der Waals surface area contributed by atoms with Gasteiger partial charge in [-0.15, -0.1) is 0 Å². The summed E-state index contributed by atoms with van der Waals surface area (Å²) in [7, 11) is 0. The van der Waals surface area contributed by atoms with Crippen LogP contribution in [0.1, 0.15) is 10.4 Å². The van der Waals surface area contributed by atoms with Crippen molar-refractivity contribution in [1.29, 1.82) is 0 Å². The van der Waals surface area contributed by atoms with E-state index in [0.29, 0.717) is 15.6 Å². The van der Waals surface area contributed by atoms with Gasteiger partial charge in [0, 0.05) is 26.4 Å². The Kier molecular flexibility index (Phi) is 2.73. The van der Waals surface area contributed by atoms with Gasteiger partial charge in [0.05, 0.1) is 0 Å². The number of fused-ring (bicyclic) bond motifs is 2. The van der Waals surface area contributed by atoms with E-state index in [0.717, 1.165) is 27.8 Å². The fourth-order valence-electron chi connectivity index (χ4n) is 2.26. The van der Waals surface area contributed by atoms with E-state index in [4.69, 9.17) is 23.2 Å². The summed E-state index contributed by atoms with van der Waals surface area (Å²) in [6.07, 6.45) is 0.840. The molecule has 0 atom stereocenters. The zero-order chi connectivity index (χ0) is 12.7. The van der Waals surface area contributed by atoms with E-state index >= 15 is 0 Å². The van der Waals surface area contributed by atoms with Crippen molar-refractivity contribution in [2.24, 2.45) is 0 Å². The molecule has 3 heteroatoms. The number of benzene rings is 3. The third kappa shape index (κ3) is 1.59. The Morgan fingerprint density at radius 1 is 0.889 bits per heavy atom. The smallest absolute Gasteiger partial charge is 0.151 e. The average Bonchev–Trinajstić information content (AvgIpc) is 2.41. The van der Waals surface area contributed by atoms with Crippen LogP contribution in [0.25, 0.3) is 21.5 Å². The number of rotatable bonds is 1. The van der Waals surface area contributed by atoms with Crippen molar-refractivity contribution in [2.75, 3.05) is 0 Å². The largest absolute Gasteiger partial charge is 0.298 e. The molecule has 0 saturated carbocycles. The highest BCUT2D eigenvalue weighted by Crippen LogP contribution is 2.36. The molecule has 0 bridgehead atoms. The van der Waals surface area contributed by atoms with E-state index in [-0.39, 0.29) is 0 Å². The monoisotopic (exact) mass is 274 g/mol. The van der Waals surface area contributed by atoms with E-state index in [2.05, 4.69) is 0 Å². The SMILES string of the molecule is O=Cc1c2ccccc2cc2c(Cl)ccc(Cl)c12. The summed E-state index contributed by atoms with van der Waals surface area (Å²) < 4.78 is 0. The molecule has 0 amide bonds. The van der Waals surface area contributed by atoms with Gasteiger partial charge in [-0.2, -0.15) is 0 Å². The molecule has 3 aromatic rings. The fourth-order valence-corrected chi connectivity index (χ4v) is 2.74. The molecular weight excluding hydrogens is 267 g/mol. The molecule has 0 aliphatic carbocycles. The molecule has 18 heavy (non-hydrogen) atoms. The maximum Gasteiger partial charge on any atom is 0.151 e. The summed E-state index contributed by atoms with van der Waals surface area (Å²) in [6.45, 7) is 0. The number of carbonyl (C=O) groups is 1. The zero-order valence-corrected chi connectivity index (χ0v) is 10.8. The molecule has 0 aromatic heterocycles. The van der Waals surface area contributed by atoms with Crippen molar-refractivity contribution in [3.63, 3.8) is 0 Å². The van der Waals surface area contributed by atoms with Crippen molar-refractivity contribution in [3.8, 4) is 0 Å². The van der Waals surface area contributed by atoms with Gasteiger partial charge in [-0.05, 0) is 29.0 Å². The van der Waals surface area contributed by atoms with Crippen molar-refractivity contribution in [3.05, 3.63) is 58.1 Å². The first-order valence-electron chi connectivity index (χ1n) is 5.47. The molecule has 0 unspecified atom stereocenters. The van der Waals surface area contributed by atoms with Crippen LogP contribution in [0.5, 0.6) is 0 Å². The lowest BCUT2D eigenvalue weighted by Crippen LogP contribution is -1.89. The maximum atomic E-state index is 11.4. The first kappa shape index (κ1) is 11.5. The first-order chi connectivity index (χ1) is 8.72.